The molecule has 116 valence electrons. The van der Waals surface area contributed by atoms with E-state index in [1.54, 1.807) is 25.3 Å². The van der Waals surface area contributed by atoms with Gasteiger partial charge in [0.1, 0.15) is 5.82 Å². The lowest BCUT2D eigenvalue weighted by molar-refractivity contribution is 0.0691. The Bertz CT molecular complexity index is 689. The van der Waals surface area contributed by atoms with Crippen LogP contribution in [0.4, 0.5) is 4.39 Å². The molecule has 1 aromatic carbocycles. The van der Waals surface area contributed by atoms with Crippen molar-refractivity contribution in [2.75, 3.05) is 13.1 Å². The molecule has 0 saturated carbocycles. The molecule has 2 aromatic rings. The highest BCUT2D eigenvalue weighted by Crippen LogP contribution is 2.18. The normalized spacial score (nSPS) is 16.0. The van der Waals surface area contributed by atoms with Crippen molar-refractivity contribution in [3.05, 3.63) is 41.5 Å². The summed E-state index contributed by atoms with van der Waals surface area (Å²) in [5.41, 5.74) is 1.56. The maximum atomic E-state index is 13.3. The van der Waals surface area contributed by atoms with Crippen LogP contribution < -0.4 is 0 Å². The predicted octanol–water partition coefficient (Wildman–Crippen LogP) is 2.59. The molecule has 1 aromatic heterocycles. The first-order chi connectivity index (χ1) is 10.5. The van der Waals surface area contributed by atoms with E-state index in [0.717, 1.165) is 25.9 Å². The van der Waals surface area contributed by atoms with Crippen LogP contribution in [0.5, 0.6) is 0 Å². The molecule has 1 aliphatic rings. The number of rotatable bonds is 2. The third-order valence-electron chi connectivity index (χ3n) is 4.19. The Morgan fingerprint density at radius 1 is 1.32 bits per heavy atom. The summed E-state index contributed by atoms with van der Waals surface area (Å²) in [4.78, 5) is 14.2. The van der Waals surface area contributed by atoms with Crippen molar-refractivity contribution in [1.82, 2.24) is 19.9 Å². The second-order valence-corrected chi connectivity index (χ2v) is 5.96. The van der Waals surface area contributed by atoms with Crippen LogP contribution in [-0.2, 0) is 0 Å². The summed E-state index contributed by atoms with van der Waals surface area (Å²) in [6.45, 7) is 5.43. The van der Waals surface area contributed by atoms with Crippen LogP contribution in [0.2, 0.25) is 0 Å². The van der Waals surface area contributed by atoms with Gasteiger partial charge in [0, 0.05) is 13.1 Å². The van der Waals surface area contributed by atoms with E-state index in [2.05, 4.69) is 17.2 Å². The van der Waals surface area contributed by atoms with Crippen LogP contribution in [0.1, 0.15) is 35.8 Å². The molecule has 1 fully saturated rings. The van der Waals surface area contributed by atoms with Crippen LogP contribution in [0.25, 0.3) is 5.69 Å². The fraction of sp³-hybridized carbons (Fsp3) is 0.438. The minimum atomic E-state index is -0.261. The number of carbonyl (C=O) groups is 1. The lowest BCUT2D eigenvalue weighted by atomic mass is 9.99. The molecular formula is C16H19FN4O. The quantitative estimate of drug-likeness (QED) is 0.857. The molecule has 0 bridgehead atoms. The third-order valence-corrected chi connectivity index (χ3v) is 4.19. The molecule has 1 amide bonds. The van der Waals surface area contributed by atoms with Crippen molar-refractivity contribution in [1.29, 1.82) is 0 Å². The van der Waals surface area contributed by atoms with Gasteiger partial charge in [0.25, 0.3) is 5.91 Å². The van der Waals surface area contributed by atoms with Gasteiger partial charge in [0.05, 0.1) is 11.9 Å². The Labute approximate surface area is 128 Å². The topological polar surface area (TPSA) is 51.0 Å². The number of carbonyl (C=O) groups excluding carboxylic acids is 1. The molecule has 0 aliphatic carbocycles. The van der Waals surface area contributed by atoms with Crippen molar-refractivity contribution in [2.24, 2.45) is 5.92 Å². The summed E-state index contributed by atoms with van der Waals surface area (Å²) in [5.74, 6) is 0.321. The summed E-state index contributed by atoms with van der Waals surface area (Å²) in [7, 11) is 0. The molecule has 1 aliphatic heterocycles. The highest BCUT2D eigenvalue weighted by Gasteiger charge is 2.23. The van der Waals surface area contributed by atoms with E-state index in [9.17, 15) is 9.18 Å². The van der Waals surface area contributed by atoms with E-state index >= 15 is 0 Å². The van der Waals surface area contributed by atoms with Crippen LogP contribution >= 0.6 is 0 Å². The summed E-state index contributed by atoms with van der Waals surface area (Å²) in [6.07, 6.45) is 3.65. The monoisotopic (exact) mass is 302 g/mol. The molecule has 5 nitrogen and oxygen atoms in total. The first-order valence-electron chi connectivity index (χ1n) is 7.53. The summed E-state index contributed by atoms with van der Waals surface area (Å²) < 4.78 is 14.8. The molecule has 6 heteroatoms. The first kappa shape index (κ1) is 14.7. The van der Waals surface area contributed by atoms with Crippen LogP contribution in [0.3, 0.4) is 0 Å². The summed E-state index contributed by atoms with van der Waals surface area (Å²) in [5, 5.41) is 7.95. The molecule has 3 rings (SSSR count). The van der Waals surface area contributed by atoms with Crippen molar-refractivity contribution >= 4 is 5.91 Å². The number of aryl methyl sites for hydroxylation is 1. The zero-order valence-electron chi connectivity index (χ0n) is 12.8. The Hall–Kier alpha value is -2.24. The predicted molar refractivity (Wildman–Crippen MR) is 80.4 cm³/mol. The van der Waals surface area contributed by atoms with Gasteiger partial charge in [-0.05, 0) is 49.4 Å². The van der Waals surface area contributed by atoms with E-state index < -0.39 is 0 Å². The van der Waals surface area contributed by atoms with E-state index in [1.807, 2.05) is 4.90 Å². The number of hydrogen-bond acceptors (Lipinski definition) is 3. The van der Waals surface area contributed by atoms with Gasteiger partial charge in [0.15, 0.2) is 5.69 Å². The fourth-order valence-electron chi connectivity index (χ4n) is 2.63. The largest absolute Gasteiger partial charge is 0.337 e. The van der Waals surface area contributed by atoms with E-state index in [0.29, 0.717) is 22.9 Å². The van der Waals surface area contributed by atoms with Gasteiger partial charge in [-0.1, -0.05) is 12.1 Å². The number of aromatic nitrogens is 3. The van der Waals surface area contributed by atoms with Crippen LogP contribution in [0, 0.1) is 18.7 Å². The number of nitrogens with zero attached hydrogens (tertiary/aromatic N) is 4. The number of piperidine rings is 1. The number of benzene rings is 1. The highest BCUT2D eigenvalue weighted by atomic mass is 19.1. The van der Waals surface area contributed by atoms with Gasteiger partial charge in [-0.2, -0.15) is 0 Å². The number of hydrogen-bond donors (Lipinski definition) is 0. The Kier molecular flexibility index (Phi) is 3.92. The first-order valence-corrected chi connectivity index (χ1v) is 7.53. The minimum absolute atomic E-state index is 0.0861. The molecule has 1 saturated heterocycles. The lowest BCUT2D eigenvalue weighted by Gasteiger charge is -2.29. The van der Waals surface area contributed by atoms with Gasteiger partial charge in [-0.15, -0.1) is 5.10 Å². The van der Waals surface area contributed by atoms with Crippen molar-refractivity contribution in [2.45, 2.75) is 26.7 Å². The van der Waals surface area contributed by atoms with Gasteiger partial charge in [-0.25, -0.2) is 9.07 Å². The molecule has 0 unspecified atom stereocenters. The van der Waals surface area contributed by atoms with Crippen LogP contribution in [-0.4, -0.2) is 38.9 Å². The van der Waals surface area contributed by atoms with Gasteiger partial charge in [-0.3, -0.25) is 4.79 Å². The maximum absolute atomic E-state index is 13.3. The van der Waals surface area contributed by atoms with E-state index in [1.165, 1.54) is 10.7 Å². The fourth-order valence-corrected chi connectivity index (χ4v) is 2.63. The van der Waals surface area contributed by atoms with Crippen molar-refractivity contribution in [3.63, 3.8) is 0 Å². The van der Waals surface area contributed by atoms with E-state index in [4.69, 9.17) is 0 Å². The second kappa shape index (κ2) is 5.87. The molecule has 0 radical (unpaired) electrons. The summed E-state index contributed by atoms with van der Waals surface area (Å²) >= 11 is 0. The minimum Gasteiger partial charge on any atom is -0.337 e. The standard InChI is InChI=1S/C16H19FN4O/c1-11-5-7-20(8-6-11)16(22)15-10-21(19-18-15)13-3-4-14(17)12(2)9-13/h3-4,9-11H,5-8H2,1-2H3. The van der Waals surface area contributed by atoms with Gasteiger partial charge >= 0.3 is 0 Å². The van der Waals surface area contributed by atoms with E-state index in [-0.39, 0.29) is 11.7 Å². The molecule has 0 spiro atoms. The third kappa shape index (κ3) is 2.86. The smallest absolute Gasteiger partial charge is 0.276 e. The second-order valence-electron chi connectivity index (χ2n) is 5.96. The molecule has 0 atom stereocenters. The Balaban J connectivity index is 1.78. The molecule has 22 heavy (non-hydrogen) atoms. The number of amides is 1. The van der Waals surface area contributed by atoms with Gasteiger partial charge in [0.2, 0.25) is 0 Å². The highest BCUT2D eigenvalue weighted by molar-refractivity contribution is 5.92. The Morgan fingerprint density at radius 2 is 2.05 bits per heavy atom. The average Bonchev–Trinajstić information content (AvgIpc) is 3.00. The summed E-state index contributed by atoms with van der Waals surface area (Å²) in [6, 6.07) is 4.69. The van der Waals surface area contributed by atoms with Crippen LogP contribution in [0.15, 0.2) is 24.4 Å². The number of likely N-dealkylation sites (tertiary alicyclic amines) is 1. The zero-order valence-corrected chi connectivity index (χ0v) is 12.8. The van der Waals surface area contributed by atoms with Crippen molar-refractivity contribution < 1.29 is 9.18 Å². The average molecular weight is 302 g/mol. The number of halogens is 1. The molecule has 0 N–H and O–H groups in total. The van der Waals surface area contributed by atoms with Gasteiger partial charge < -0.3 is 4.90 Å². The molecule has 2 heterocycles. The SMILES string of the molecule is Cc1cc(-n2cc(C(=O)N3CCC(C)CC3)nn2)ccc1F. The zero-order chi connectivity index (χ0) is 15.7. The van der Waals surface area contributed by atoms with Crippen molar-refractivity contribution in [3.8, 4) is 5.69 Å². The Morgan fingerprint density at radius 3 is 2.73 bits per heavy atom. The lowest BCUT2D eigenvalue weighted by Crippen LogP contribution is -2.38. The maximum Gasteiger partial charge on any atom is 0.276 e. The molecular weight excluding hydrogens is 283 g/mol.